The summed E-state index contributed by atoms with van der Waals surface area (Å²) in [6.45, 7) is 1.60. The van der Waals surface area contributed by atoms with Crippen molar-refractivity contribution < 1.29 is 32.9 Å². The molecule has 0 bridgehead atoms. The molecule has 2 saturated heterocycles. The van der Waals surface area contributed by atoms with Crippen molar-refractivity contribution in [3.8, 4) is 41.2 Å². The van der Waals surface area contributed by atoms with Gasteiger partial charge in [-0.15, -0.1) is 6.42 Å². The first-order chi connectivity index (χ1) is 22.6. The predicted octanol–water partition coefficient (Wildman–Crippen LogP) is 5.13. The van der Waals surface area contributed by atoms with E-state index in [1.807, 2.05) is 11.9 Å². The van der Waals surface area contributed by atoms with Crippen LogP contribution in [0.25, 0.3) is 32.9 Å². The number of aromatic nitrogens is 3. The average Bonchev–Trinajstić information content (AvgIpc) is 3.56. The highest BCUT2D eigenvalue weighted by atomic mass is 19.1. The quantitative estimate of drug-likeness (QED) is 0.286. The Labute approximate surface area is 269 Å². The Morgan fingerprint density at radius 1 is 1.13 bits per heavy atom. The highest BCUT2D eigenvalue weighted by Crippen LogP contribution is 2.50. The first kappa shape index (κ1) is 30.0. The summed E-state index contributed by atoms with van der Waals surface area (Å²) in [5.74, 6) is 1.21. The molecule has 2 aromatic carbocycles. The minimum Gasteiger partial charge on any atom is -0.508 e. The first-order valence-electron chi connectivity index (χ1n) is 16.0. The van der Waals surface area contributed by atoms with E-state index in [0.717, 1.165) is 19.4 Å². The van der Waals surface area contributed by atoms with E-state index in [2.05, 4.69) is 20.8 Å². The molecule has 3 fully saturated rings. The highest BCUT2D eigenvalue weighted by molar-refractivity contribution is 6.04. The lowest BCUT2D eigenvalue weighted by Gasteiger charge is -2.54. The number of nitrogens with zero attached hydrogens (tertiary/aromatic N) is 5. The number of fused-ring (bicyclic) bond motifs is 2. The summed E-state index contributed by atoms with van der Waals surface area (Å²) in [5, 5.41) is 21.3. The lowest BCUT2D eigenvalue weighted by Crippen LogP contribution is -2.58. The molecule has 2 N–H and O–H groups in total. The Hall–Kier alpha value is -4.34. The van der Waals surface area contributed by atoms with Crippen molar-refractivity contribution in [3.05, 3.63) is 41.5 Å². The number of anilines is 1. The average molecular weight is 646 g/mol. The molecule has 1 spiro atoms. The summed E-state index contributed by atoms with van der Waals surface area (Å²) in [4.78, 5) is 18.1. The van der Waals surface area contributed by atoms with E-state index in [0.29, 0.717) is 43.4 Å². The second-order valence-corrected chi connectivity index (χ2v) is 13.5. The number of phenols is 1. The first-order valence-corrected chi connectivity index (χ1v) is 16.0. The summed E-state index contributed by atoms with van der Waals surface area (Å²) in [6, 6.07) is 5.29. The maximum Gasteiger partial charge on any atom is 0.319 e. The van der Waals surface area contributed by atoms with Gasteiger partial charge in [-0.3, -0.25) is 4.90 Å². The van der Waals surface area contributed by atoms with Gasteiger partial charge in [-0.1, -0.05) is 12.0 Å². The molecule has 0 amide bonds. The number of benzene rings is 2. The monoisotopic (exact) mass is 645 g/mol. The third-order valence-corrected chi connectivity index (χ3v) is 10.8. The van der Waals surface area contributed by atoms with Crippen LogP contribution >= 0.6 is 0 Å². The van der Waals surface area contributed by atoms with Crippen molar-refractivity contribution in [1.82, 2.24) is 19.9 Å². The molecule has 12 heteroatoms. The number of rotatable bonds is 5. The largest absolute Gasteiger partial charge is 0.508 e. The Balaban J connectivity index is 1.33. The van der Waals surface area contributed by atoms with Crippen LogP contribution in [-0.2, 0) is 0 Å². The maximum atomic E-state index is 17.0. The van der Waals surface area contributed by atoms with Crippen LogP contribution in [-0.4, -0.2) is 87.3 Å². The van der Waals surface area contributed by atoms with Crippen molar-refractivity contribution in [2.75, 3.05) is 44.9 Å². The SMILES string of the molecule is C#Cc1c(F)ccc2cc(O)cc(-c3nc4c5c(nc(OC[C@@]67CCCN6C[C@H](F)C7)nc5c3F)N(C)C3(CCO4)CC(CO)C3)c12. The van der Waals surface area contributed by atoms with Gasteiger partial charge in [0.2, 0.25) is 5.88 Å². The van der Waals surface area contributed by atoms with E-state index in [1.165, 1.54) is 24.3 Å². The zero-order valence-electron chi connectivity index (χ0n) is 25.9. The summed E-state index contributed by atoms with van der Waals surface area (Å²) in [6.07, 6.45) is 8.79. The Morgan fingerprint density at radius 2 is 1.96 bits per heavy atom. The van der Waals surface area contributed by atoms with Crippen LogP contribution in [0.4, 0.5) is 19.0 Å². The summed E-state index contributed by atoms with van der Waals surface area (Å²) in [5.41, 5.74) is -1.25. The molecule has 4 aliphatic rings. The number of terminal acetylenes is 1. The third kappa shape index (κ3) is 4.58. The second-order valence-electron chi connectivity index (χ2n) is 13.5. The van der Waals surface area contributed by atoms with Crippen molar-refractivity contribution in [2.45, 2.75) is 55.8 Å². The topological polar surface area (TPSA) is 104 Å². The van der Waals surface area contributed by atoms with E-state index in [9.17, 15) is 19.0 Å². The van der Waals surface area contributed by atoms with Gasteiger partial charge in [0.15, 0.2) is 5.82 Å². The fourth-order valence-electron chi connectivity index (χ4n) is 8.45. The van der Waals surface area contributed by atoms with Gasteiger partial charge in [-0.2, -0.15) is 9.97 Å². The Kier molecular flexibility index (Phi) is 6.93. The lowest BCUT2D eigenvalue weighted by atomic mass is 9.66. The lowest BCUT2D eigenvalue weighted by molar-refractivity contribution is 0.0603. The zero-order valence-corrected chi connectivity index (χ0v) is 25.9. The highest BCUT2D eigenvalue weighted by Gasteiger charge is 2.51. The van der Waals surface area contributed by atoms with Crippen molar-refractivity contribution in [3.63, 3.8) is 0 Å². The van der Waals surface area contributed by atoms with Crippen LogP contribution in [0.1, 0.15) is 44.1 Å². The molecule has 1 saturated carbocycles. The minimum atomic E-state index is -0.949. The number of pyridine rings is 1. The number of halogens is 3. The Bertz CT molecular complexity index is 1980. The summed E-state index contributed by atoms with van der Waals surface area (Å²) in [7, 11) is 1.88. The van der Waals surface area contributed by atoms with Crippen molar-refractivity contribution in [1.29, 1.82) is 0 Å². The fraction of sp³-hybridized carbons (Fsp3) is 0.457. The van der Waals surface area contributed by atoms with Crippen LogP contribution < -0.4 is 14.4 Å². The molecular formula is C35H34F3N5O4. The standard InChI is InChI=1S/C35H34F3N5O4/c1-3-23-25(37)6-5-20-11-22(45)12-24(26(20)23)29-28(38)30-27-31(42(2)34(13-19(14-34)17-44)8-10-46-32(27)39-29)41-33(40-30)47-18-35-7-4-9-43(35)16-21(36)15-35/h1,5-6,11-12,19,21,44-45H,4,7-10,13-18H2,2H3/t19?,21-,34?,35+/m1/s1. The molecule has 1 aliphatic carbocycles. The van der Waals surface area contributed by atoms with Crippen molar-refractivity contribution >= 4 is 27.5 Å². The zero-order chi connectivity index (χ0) is 32.7. The summed E-state index contributed by atoms with van der Waals surface area (Å²) >= 11 is 0. The summed E-state index contributed by atoms with van der Waals surface area (Å²) < 4.78 is 58.9. The number of alkyl halides is 1. The van der Waals surface area contributed by atoms with Gasteiger partial charge < -0.3 is 24.6 Å². The molecule has 244 valence electrons. The predicted molar refractivity (Wildman–Crippen MR) is 169 cm³/mol. The molecule has 5 heterocycles. The number of aliphatic hydroxyl groups is 1. The van der Waals surface area contributed by atoms with Gasteiger partial charge in [0.25, 0.3) is 0 Å². The molecule has 2 aromatic heterocycles. The molecule has 9 nitrogen and oxygen atoms in total. The third-order valence-electron chi connectivity index (χ3n) is 10.8. The van der Waals surface area contributed by atoms with Crippen LogP contribution in [0.2, 0.25) is 0 Å². The Morgan fingerprint density at radius 3 is 2.74 bits per heavy atom. The normalized spacial score (nSPS) is 26.9. The number of ether oxygens (including phenoxy) is 2. The van der Waals surface area contributed by atoms with Crippen LogP contribution in [0.3, 0.4) is 0 Å². The van der Waals surface area contributed by atoms with Gasteiger partial charge >= 0.3 is 6.01 Å². The van der Waals surface area contributed by atoms with Crippen LogP contribution in [0.5, 0.6) is 17.6 Å². The number of hydrogen-bond donors (Lipinski definition) is 2. The van der Waals surface area contributed by atoms with Gasteiger partial charge in [-0.25, -0.2) is 18.2 Å². The molecule has 47 heavy (non-hydrogen) atoms. The number of hydrogen-bond acceptors (Lipinski definition) is 9. The number of aromatic hydroxyl groups is 1. The number of phenolic OH excluding ortho intramolecular Hbond substituents is 1. The van der Waals surface area contributed by atoms with Crippen molar-refractivity contribution in [2.24, 2.45) is 5.92 Å². The second kappa shape index (κ2) is 10.9. The minimum absolute atomic E-state index is 0.0619. The smallest absolute Gasteiger partial charge is 0.319 e. The molecule has 0 unspecified atom stereocenters. The van der Waals surface area contributed by atoms with Crippen LogP contribution in [0.15, 0.2) is 24.3 Å². The molecular weight excluding hydrogens is 611 g/mol. The van der Waals surface area contributed by atoms with E-state index in [1.54, 1.807) is 0 Å². The fourth-order valence-corrected chi connectivity index (χ4v) is 8.45. The van der Waals surface area contributed by atoms with Crippen LogP contribution in [0, 0.1) is 29.9 Å². The number of aliphatic hydroxyl groups excluding tert-OH is 1. The van der Waals surface area contributed by atoms with Gasteiger partial charge in [0.1, 0.15) is 46.8 Å². The molecule has 2 atom stereocenters. The molecule has 4 aromatic rings. The van der Waals surface area contributed by atoms with E-state index >= 15 is 4.39 Å². The van der Waals surface area contributed by atoms with E-state index < -0.39 is 28.9 Å². The molecule has 0 radical (unpaired) electrons. The van der Waals surface area contributed by atoms with E-state index in [-0.39, 0.29) is 76.5 Å². The molecule has 3 aliphatic heterocycles. The molecule has 8 rings (SSSR count). The van der Waals surface area contributed by atoms with Gasteiger partial charge in [-0.05, 0) is 61.7 Å². The maximum absolute atomic E-state index is 17.0. The van der Waals surface area contributed by atoms with Gasteiger partial charge in [0.05, 0.1) is 17.7 Å². The van der Waals surface area contributed by atoms with E-state index in [4.69, 9.17) is 20.9 Å². The van der Waals surface area contributed by atoms with Gasteiger partial charge in [0, 0.05) is 49.5 Å².